The van der Waals surface area contributed by atoms with Crippen molar-refractivity contribution in [3.63, 3.8) is 0 Å². The number of ether oxygens (including phenoxy) is 2. The van der Waals surface area contributed by atoms with Crippen molar-refractivity contribution in [3.05, 3.63) is 46.5 Å². The minimum atomic E-state index is -3.82. The van der Waals surface area contributed by atoms with Gasteiger partial charge in [0.15, 0.2) is 11.5 Å². The summed E-state index contributed by atoms with van der Waals surface area (Å²) < 4.78 is 38.9. The van der Waals surface area contributed by atoms with Gasteiger partial charge in [0.25, 0.3) is 0 Å². The molecule has 0 aromatic heterocycles. The van der Waals surface area contributed by atoms with Crippen LogP contribution in [0.5, 0.6) is 11.5 Å². The van der Waals surface area contributed by atoms with Gasteiger partial charge in [-0.1, -0.05) is 6.07 Å². The van der Waals surface area contributed by atoms with Gasteiger partial charge in [-0.15, -0.1) is 0 Å². The maximum atomic E-state index is 12.8. The molecule has 0 saturated heterocycles. The van der Waals surface area contributed by atoms with Crippen LogP contribution in [-0.4, -0.2) is 34.1 Å². The summed E-state index contributed by atoms with van der Waals surface area (Å²) in [4.78, 5) is 12.5. The van der Waals surface area contributed by atoms with Crippen molar-refractivity contribution >= 4 is 21.6 Å². The minimum Gasteiger partial charge on any atom is -0.486 e. The highest BCUT2D eigenvalue weighted by Crippen LogP contribution is 2.32. The van der Waals surface area contributed by atoms with Crippen LogP contribution in [0.15, 0.2) is 29.2 Å². The van der Waals surface area contributed by atoms with Gasteiger partial charge in [0.2, 0.25) is 15.9 Å². The van der Waals surface area contributed by atoms with Crippen LogP contribution < -0.4 is 19.5 Å². The Bertz CT molecular complexity index is 1010. The average molecular weight is 404 g/mol. The van der Waals surface area contributed by atoms with Crippen LogP contribution in [0.2, 0.25) is 0 Å². The van der Waals surface area contributed by atoms with Crippen molar-refractivity contribution in [1.29, 1.82) is 0 Å². The molecule has 0 fully saturated rings. The number of carbonyl (C=O) groups excluding carboxylic acids is 1. The van der Waals surface area contributed by atoms with Gasteiger partial charge in [-0.2, -0.15) is 0 Å². The second-order valence-corrected chi connectivity index (χ2v) is 8.52. The van der Waals surface area contributed by atoms with Crippen LogP contribution in [0, 0.1) is 27.7 Å². The number of amides is 1. The van der Waals surface area contributed by atoms with Crippen LogP contribution in [0.25, 0.3) is 0 Å². The lowest BCUT2D eigenvalue weighted by molar-refractivity contribution is -0.115. The van der Waals surface area contributed by atoms with E-state index in [9.17, 15) is 13.2 Å². The lowest BCUT2D eigenvalue weighted by atomic mass is 10.0. The molecule has 28 heavy (non-hydrogen) atoms. The molecule has 0 bridgehead atoms. The molecule has 1 heterocycles. The molecule has 2 aromatic carbocycles. The van der Waals surface area contributed by atoms with Crippen molar-refractivity contribution in [3.8, 4) is 11.5 Å². The second-order valence-electron chi connectivity index (χ2n) is 6.82. The highest BCUT2D eigenvalue weighted by Gasteiger charge is 2.23. The van der Waals surface area contributed by atoms with E-state index in [1.807, 2.05) is 19.9 Å². The third-order valence-electron chi connectivity index (χ3n) is 4.81. The fourth-order valence-corrected chi connectivity index (χ4v) is 4.74. The van der Waals surface area contributed by atoms with Crippen molar-refractivity contribution in [2.45, 2.75) is 32.6 Å². The van der Waals surface area contributed by atoms with Gasteiger partial charge < -0.3 is 14.8 Å². The molecule has 7 nitrogen and oxygen atoms in total. The number of rotatable bonds is 5. The number of fused-ring (bicyclic) bond motifs is 1. The molecule has 1 aliphatic heterocycles. The van der Waals surface area contributed by atoms with Crippen LogP contribution in [-0.2, 0) is 14.8 Å². The number of sulfonamides is 1. The second kappa shape index (κ2) is 7.81. The molecule has 1 aliphatic rings. The Hall–Kier alpha value is -2.58. The van der Waals surface area contributed by atoms with Crippen molar-refractivity contribution in [1.82, 2.24) is 4.72 Å². The Morgan fingerprint density at radius 3 is 2.21 bits per heavy atom. The smallest absolute Gasteiger partial charge is 0.241 e. The first-order chi connectivity index (χ1) is 13.2. The van der Waals surface area contributed by atoms with E-state index in [4.69, 9.17) is 9.47 Å². The zero-order chi connectivity index (χ0) is 20.5. The van der Waals surface area contributed by atoms with E-state index in [1.54, 1.807) is 32.0 Å². The summed E-state index contributed by atoms with van der Waals surface area (Å²) >= 11 is 0. The first kappa shape index (κ1) is 20.2. The normalized spacial score (nSPS) is 13.3. The molecule has 1 amide bonds. The van der Waals surface area contributed by atoms with Gasteiger partial charge >= 0.3 is 0 Å². The molecule has 0 radical (unpaired) electrons. The van der Waals surface area contributed by atoms with Crippen molar-refractivity contribution in [2.24, 2.45) is 0 Å². The van der Waals surface area contributed by atoms with Gasteiger partial charge in [0.1, 0.15) is 13.2 Å². The summed E-state index contributed by atoms with van der Waals surface area (Å²) in [6.07, 6.45) is 0. The highest BCUT2D eigenvalue weighted by atomic mass is 32.2. The molecule has 8 heteroatoms. The molecule has 0 saturated carbocycles. The van der Waals surface area contributed by atoms with Crippen LogP contribution in [0.4, 0.5) is 5.69 Å². The number of hydrogen-bond acceptors (Lipinski definition) is 5. The Balaban J connectivity index is 1.71. The molecular weight excluding hydrogens is 380 g/mol. The molecule has 0 atom stereocenters. The predicted molar refractivity (Wildman–Crippen MR) is 107 cm³/mol. The number of anilines is 1. The van der Waals surface area contributed by atoms with E-state index in [-0.39, 0.29) is 11.4 Å². The highest BCUT2D eigenvalue weighted by molar-refractivity contribution is 7.89. The molecule has 0 unspecified atom stereocenters. The first-order valence-electron chi connectivity index (χ1n) is 8.95. The number of aryl methyl sites for hydroxylation is 2. The zero-order valence-electron chi connectivity index (χ0n) is 16.4. The van der Waals surface area contributed by atoms with E-state index < -0.39 is 15.9 Å². The van der Waals surface area contributed by atoms with E-state index in [0.717, 1.165) is 11.1 Å². The van der Waals surface area contributed by atoms with Gasteiger partial charge in [-0.05, 0) is 62.1 Å². The average Bonchev–Trinajstić information content (AvgIpc) is 2.65. The fraction of sp³-hybridized carbons (Fsp3) is 0.350. The summed E-state index contributed by atoms with van der Waals surface area (Å²) in [6, 6.07) is 6.99. The molecule has 2 N–H and O–H groups in total. The minimum absolute atomic E-state index is 0.233. The molecule has 0 spiro atoms. The summed E-state index contributed by atoms with van der Waals surface area (Å²) in [7, 11) is -3.82. The molecule has 2 aromatic rings. The lowest BCUT2D eigenvalue weighted by Gasteiger charge is -2.19. The van der Waals surface area contributed by atoms with Gasteiger partial charge in [-0.25, -0.2) is 13.1 Å². The molecule has 0 aliphatic carbocycles. The largest absolute Gasteiger partial charge is 0.486 e. The Kier molecular flexibility index (Phi) is 5.62. The van der Waals surface area contributed by atoms with Crippen LogP contribution >= 0.6 is 0 Å². The molecule has 150 valence electrons. The van der Waals surface area contributed by atoms with Gasteiger partial charge in [0.05, 0.1) is 11.4 Å². The summed E-state index contributed by atoms with van der Waals surface area (Å²) in [6.45, 7) is 7.83. The maximum Gasteiger partial charge on any atom is 0.241 e. The summed E-state index contributed by atoms with van der Waals surface area (Å²) in [5, 5.41) is 2.67. The first-order valence-corrected chi connectivity index (χ1v) is 10.4. The topological polar surface area (TPSA) is 93.7 Å². The van der Waals surface area contributed by atoms with Crippen LogP contribution in [0.1, 0.15) is 22.3 Å². The summed E-state index contributed by atoms with van der Waals surface area (Å²) in [5.41, 5.74) is 3.66. The van der Waals surface area contributed by atoms with Gasteiger partial charge in [0, 0.05) is 11.8 Å². The Labute approximate surface area is 165 Å². The van der Waals surface area contributed by atoms with E-state index in [2.05, 4.69) is 10.0 Å². The Morgan fingerprint density at radius 1 is 0.964 bits per heavy atom. The lowest BCUT2D eigenvalue weighted by Crippen LogP contribution is -2.33. The van der Waals surface area contributed by atoms with E-state index in [1.165, 1.54) is 0 Å². The number of hydrogen-bond donors (Lipinski definition) is 2. The number of nitrogens with one attached hydrogen (secondary N) is 2. The molecular formula is C20H24N2O5S. The van der Waals surface area contributed by atoms with E-state index >= 15 is 0 Å². The van der Waals surface area contributed by atoms with Crippen LogP contribution in [0.3, 0.4) is 0 Å². The zero-order valence-corrected chi connectivity index (χ0v) is 17.2. The number of benzene rings is 2. The predicted octanol–water partition coefficient (Wildman–Crippen LogP) is 2.61. The Morgan fingerprint density at radius 2 is 1.57 bits per heavy atom. The maximum absolute atomic E-state index is 12.8. The fourth-order valence-electron chi connectivity index (χ4n) is 3.14. The molecule has 3 rings (SSSR count). The van der Waals surface area contributed by atoms with E-state index in [0.29, 0.717) is 41.5 Å². The van der Waals surface area contributed by atoms with Crippen molar-refractivity contribution < 1.29 is 22.7 Å². The van der Waals surface area contributed by atoms with Crippen molar-refractivity contribution in [2.75, 3.05) is 25.1 Å². The monoisotopic (exact) mass is 404 g/mol. The third kappa shape index (κ3) is 4.13. The standard InChI is InChI=1S/C20H24N2O5S/c1-12-9-13(2)15(4)20(14(12)3)28(24,25)21-11-19(23)22-16-5-6-17-18(10-16)27-8-7-26-17/h5-6,9-10,21H,7-8,11H2,1-4H3,(H,22,23). The SMILES string of the molecule is Cc1cc(C)c(C)c(S(=O)(=O)NCC(=O)Nc2ccc3c(c2)OCCO3)c1C. The number of carbonyl (C=O) groups is 1. The van der Waals surface area contributed by atoms with Gasteiger partial charge in [-0.3, -0.25) is 4.79 Å². The third-order valence-corrected chi connectivity index (χ3v) is 6.49. The quantitative estimate of drug-likeness (QED) is 0.799. The summed E-state index contributed by atoms with van der Waals surface area (Å²) in [5.74, 6) is 0.691.